The number of benzene rings is 3. The fourth-order valence-electron chi connectivity index (χ4n) is 3.30. The maximum Gasteiger partial charge on any atom is 0.416 e. The number of nitrogens with zero attached hydrogens (tertiary/aromatic N) is 2. The average molecular weight is 436 g/mol. The molecule has 32 heavy (non-hydrogen) atoms. The Morgan fingerprint density at radius 1 is 0.969 bits per heavy atom. The molecule has 0 bridgehead atoms. The summed E-state index contributed by atoms with van der Waals surface area (Å²) in [5, 5.41) is 5.18. The highest BCUT2D eigenvalue weighted by molar-refractivity contribution is 6.32. The summed E-state index contributed by atoms with van der Waals surface area (Å²) in [7, 11) is 0. The summed E-state index contributed by atoms with van der Waals surface area (Å²) in [5.41, 5.74) is 1.59. The molecule has 3 aromatic carbocycles. The number of hydrogen-bond acceptors (Lipinski definition) is 3. The minimum absolute atomic E-state index is 0.0567. The number of hydrogen-bond donors (Lipinski definition) is 0. The summed E-state index contributed by atoms with van der Waals surface area (Å²) in [5.74, 6) is 0.0849. The van der Waals surface area contributed by atoms with E-state index in [-0.39, 0.29) is 11.3 Å². The van der Waals surface area contributed by atoms with Crippen LogP contribution in [-0.4, -0.2) is 11.6 Å². The second-order valence-electron chi connectivity index (χ2n) is 7.22. The fraction of sp³-hybridized carbons (Fsp3) is 0.120. The van der Waals surface area contributed by atoms with Crippen molar-refractivity contribution in [2.45, 2.75) is 19.7 Å². The first kappa shape index (κ1) is 21.4. The fourth-order valence-corrected chi connectivity index (χ4v) is 3.30. The number of amides is 1. The number of alkyl halides is 3. The molecule has 4 nitrogen and oxygen atoms in total. The van der Waals surface area contributed by atoms with Gasteiger partial charge < -0.3 is 4.74 Å². The molecule has 1 amide bonds. The Morgan fingerprint density at radius 3 is 2.44 bits per heavy atom. The highest BCUT2D eigenvalue weighted by atomic mass is 19.4. The Morgan fingerprint density at radius 2 is 1.69 bits per heavy atom. The molecular weight excluding hydrogens is 417 g/mol. The second kappa shape index (κ2) is 8.70. The Balaban J connectivity index is 1.60. The topological polar surface area (TPSA) is 41.9 Å². The molecule has 0 radical (unpaired) electrons. The van der Waals surface area contributed by atoms with E-state index in [0.717, 1.165) is 22.7 Å². The summed E-state index contributed by atoms with van der Waals surface area (Å²) < 4.78 is 45.1. The van der Waals surface area contributed by atoms with Gasteiger partial charge in [0.15, 0.2) is 0 Å². The first-order valence-electron chi connectivity index (χ1n) is 9.87. The summed E-state index contributed by atoms with van der Waals surface area (Å²) in [6.45, 7) is 2.00. The maximum atomic E-state index is 13.1. The van der Waals surface area contributed by atoms with Gasteiger partial charge in [-0.2, -0.15) is 23.3 Å². The van der Waals surface area contributed by atoms with Crippen LogP contribution >= 0.6 is 0 Å². The van der Waals surface area contributed by atoms with Gasteiger partial charge in [0, 0.05) is 5.56 Å². The number of carbonyl (C=O) groups is 1. The number of carbonyl (C=O) groups excluding carboxylic acids is 1. The van der Waals surface area contributed by atoms with Crippen molar-refractivity contribution in [3.8, 4) is 5.75 Å². The van der Waals surface area contributed by atoms with Crippen LogP contribution in [-0.2, 0) is 17.6 Å². The zero-order chi connectivity index (χ0) is 22.7. The smallest absolute Gasteiger partial charge is 0.416 e. The average Bonchev–Trinajstić information content (AvgIpc) is 3.07. The standard InChI is InChI=1S/C25H19F3N2O2/c1-17-22(24(31)30(29-17)21-12-7-11-20(15-21)25(26,27)28)14-19-10-5-6-13-23(19)32-16-18-8-3-2-4-9-18/h2-15H,16H2,1H3/b22-14+. The molecule has 0 unspecified atom stereocenters. The van der Waals surface area contributed by atoms with Crippen LogP contribution in [0.25, 0.3) is 6.08 Å². The molecule has 1 heterocycles. The van der Waals surface area contributed by atoms with Crippen LogP contribution in [0.5, 0.6) is 5.75 Å². The van der Waals surface area contributed by atoms with E-state index in [9.17, 15) is 18.0 Å². The van der Waals surface area contributed by atoms with Crippen LogP contribution in [0.3, 0.4) is 0 Å². The molecular formula is C25H19F3N2O2. The van der Waals surface area contributed by atoms with Crippen LogP contribution in [0.15, 0.2) is 89.5 Å². The van der Waals surface area contributed by atoms with E-state index in [1.165, 1.54) is 12.1 Å². The Labute approximate surface area is 183 Å². The maximum absolute atomic E-state index is 13.1. The molecule has 0 aromatic heterocycles. The van der Waals surface area contributed by atoms with Crippen molar-refractivity contribution < 1.29 is 22.7 Å². The number of rotatable bonds is 5. The summed E-state index contributed by atoms with van der Waals surface area (Å²) in [4.78, 5) is 13.0. The highest BCUT2D eigenvalue weighted by Crippen LogP contribution is 2.34. The van der Waals surface area contributed by atoms with E-state index in [2.05, 4.69) is 5.10 Å². The van der Waals surface area contributed by atoms with Crippen molar-refractivity contribution >= 4 is 23.4 Å². The van der Waals surface area contributed by atoms with Gasteiger partial charge in [-0.1, -0.05) is 54.6 Å². The predicted molar refractivity (Wildman–Crippen MR) is 117 cm³/mol. The molecule has 7 heteroatoms. The largest absolute Gasteiger partial charge is 0.488 e. The SMILES string of the molecule is CC1=NN(c2cccc(C(F)(F)F)c2)C(=O)/C1=C/c1ccccc1OCc1ccccc1. The van der Waals surface area contributed by atoms with Crippen molar-refractivity contribution in [3.63, 3.8) is 0 Å². The third kappa shape index (κ3) is 4.56. The van der Waals surface area contributed by atoms with Crippen LogP contribution in [0.4, 0.5) is 18.9 Å². The van der Waals surface area contributed by atoms with Gasteiger partial charge in [-0.25, -0.2) is 0 Å². The molecule has 0 atom stereocenters. The molecule has 0 saturated carbocycles. The molecule has 0 spiro atoms. The van der Waals surface area contributed by atoms with E-state index >= 15 is 0 Å². The molecule has 3 aromatic rings. The van der Waals surface area contributed by atoms with Gasteiger partial charge in [-0.15, -0.1) is 0 Å². The van der Waals surface area contributed by atoms with Crippen LogP contribution in [0, 0.1) is 0 Å². The molecule has 1 aliphatic heterocycles. The summed E-state index contributed by atoms with van der Waals surface area (Å²) in [6, 6.07) is 21.5. The zero-order valence-electron chi connectivity index (χ0n) is 17.1. The number of halogens is 3. The van der Waals surface area contributed by atoms with E-state index < -0.39 is 17.6 Å². The van der Waals surface area contributed by atoms with E-state index in [1.54, 1.807) is 25.1 Å². The lowest BCUT2D eigenvalue weighted by Gasteiger charge is -2.14. The Kier molecular flexibility index (Phi) is 5.81. The summed E-state index contributed by atoms with van der Waals surface area (Å²) >= 11 is 0. The van der Waals surface area contributed by atoms with E-state index in [4.69, 9.17) is 4.74 Å². The lowest BCUT2D eigenvalue weighted by Crippen LogP contribution is -2.21. The molecule has 0 N–H and O–H groups in total. The van der Waals surface area contributed by atoms with Gasteiger partial charge in [-0.3, -0.25) is 4.79 Å². The van der Waals surface area contributed by atoms with Crippen LogP contribution in [0.1, 0.15) is 23.6 Å². The minimum atomic E-state index is -4.51. The van der Waals surface area contributed by atoms with Crippen molar-refractivity contribution in [3.05, 3.63) is 101 Å². The lowest BCUT2D eigenvalue weighted by atomic mass is 10.1. The van der Waals surface area contributed by atoms with Crippen LogP contribution in [0.2, 0.25) is 0 Å². The number of anilines is 1. The quantitative estimate of drug-likeness (QED) is 0.454. The molecule has 4 rings (SSSR count). The van der Waals surface area contributed by atoms with Crippen molar-refractivity contribution in [2.24, 2.45) is 5.10 Å². The normalized spacial score (nSPS) is 15.2. The van der Waals surface area contributed by atoms with Crippen LogP contribution < -0.4 is 9.75 Å². The molecule has 1 aliphatic rings. The summed E-state index contributed by atoms with van der Waals surface area (Å²) in [6.07, 6.45) is -2.86. The first-order chi connectivity index (χ1) is 15.3. The first-order valence-corrected chi connectivity index (χ1v) is 9.87. The Hall–Kier alpha value is -3.87. The molecule has 162 valence electrons. The monoisotopic (exact) mass is 436 g/mol. The van der Waals surface area contributed by atoms with Gasteiger partial charge in [0.25, 0.3) is 5.91 Å². The van der Waals surface area contributed by atoms with Gasteiger partial charge in [0.1, 0.15) is 12.4 Å². The minimum Gasteiger partial charge on any atom is -0.488 e. The lowest BCUT2D eigenvalue weighted by molar-refractivity contribution is -0.137. The molecule has 0 aliphatic carbocycles. The highest BCUT2D eigenvalue weighted by Gasteiger charge is 2.33. The van der Waals surface area contributed by atoms with Gasteiger partial charge in [0.2, 0.25) is 0 Å². The zero-order valence-corrected chi connectivity index (χ0v) is 17.1. The number of hydrazone groups is 1. The van der Waals surface area contributed by atoms with E-state index in [0.29, 0.717) is 23.6 Å². The second-order valence-corrected chi connectivity index (χ2v) is 7.22. The third-order valence-corrected chi connectivity index (χ3v) is 4.94. The van der Waals surface area contributed by atoms with Gasteiger partial charge in [0.05, 0.1) is 22.5 Å². The van der Waals surface area contributed by atoms with Gasteiger partial charge >= 0.3 is 6.18 Å². The van der Waals surface area contributed by atoms with Crippen molar-refractivity contribution in [1.29, 1.82) is 0 Å². The predicted octanol–water partition coefficient (Wildman–Crippen LogP) is 6.09. The molecule has 0 saturated heterocycles. The van der Waals surface area contributed by atoms with Crippen molar-refractivity contribution in [1.82, 2.24) is 0 Å². The van der Waals surface area contributed by atoms with Crippen molar-refractivity contribution in [2.75, 3.05) is 5.01 Å². The van der Waals surface area contributed by atoms with E-state index in [1.807, 2.05) is 42.5 Å². The van der Waals surface area contributed by atoms with Gasteiger partial charge in [-0.05, 0) is 42.8 Å². The Bertz CT molecular complexity index is 1200. The number of ether oxygens (including phenoxy) is 1. The molecule has 0 fully saturated rings. The third-order valence-electron chi connectivity index (χ3n) is 4.94. The number of para-hydroxylation sites is 1.